The van der Waals surface area contributed by atoms with E-state index in [4.69, 9.17) is 16.3 Å². The van der Waals surface area contributed by atoms with Crippen molar-refractivity contribution < 1.29 is 9.84 Å². The minimum absolute atomic E-state index is 0.488. The van der Waals surface area contributed by atoms with Gasteiger partial charge in [0.05, 0.1) is 13.2 Å². The van der Waals surface area contributed by atoms with Crippen LogP contribution in [-0.2, 0) is 6.42 Å². The zero-order valence-corrected chi connectivity index (χ0v) is 12.8. The van der Waals surface area contributed by atoms with Crippen molar-refractivity contribution in [2.75, 3.05) is 20.2 Å². The van der Waals surface area contributed by atoms with Gasteiger partial charge in [-0.1, -0.05) is 48.0 Å². The second-order valence-corrected chi connectivity index (χ2v) is 5.25. The molecule has 0 bridgehead atoms. The van der Waals surface area contributed by atoms with Crippen LogP contribution >= 0.6 is 11.6 Å². The van der Waals surface area contributed by atoms with Gasteiger partial charge in [-0.15, -0.1) is 0 Å². The average Bonchev–Trinajstić information content (AvgIpc) is 2.53. The predicted molar refractivity (Wildman–Crippen MR) is 86.0 cm³/mol. The Morgan fingerprint density at radius 1 is 1.19 bits per heavy atom. The molecule has 4 heteroatoms. The van der Waals surface area contributed by atoms with E-state index in [0.29, 0.717) is 11.6 Å². The normalized spacial score (nSPS) is 12.1. The number of methoxy groups -OCH3 is 1. The Labute approximate surface area is 130 Å². The van der Waals surface area contributed by atoms with E-state index in [9.17, 15) is 5.11 Å². The number of ether oxygens (including phenoxy) is 1. The highest BCUT2D eigenvalue weighted by Gasteiger charge is 2.06. The summed E-state index contributed by atoms with van der Waals surface area (Å²) >= 11 is 6.19. The second kappa shape index (κ2) is 8.03. The molecule has 0 spiro atoms. The van der Waals surface area contributed by atoms with E-state index in [2.05, 4.69) is 5.32 Å². The Morgan fingerprint density at radius 2 is 1.95 bits per heavy atom. The van der Waals surface area contributed by atoms with Gasteiger partial charge in [0, 0.05) is 11.6 Å². The van der Waals surface area contributed by atoms with Crippen LogP contribution in [0.5, 0.6) is 5.75 Å². The molecule has 21 heavy (non-hydrogen) atoms. The molecule has 0 aromatic heterocycles. The fraction of sp³-hybridized carbons (Fsp3) is 0.294. The van der Waals surface area contributed by atoms with E-state index >= 15 is 0 Å². The number of hydrogen-bond donors (Lipinski definition) is 2. The monoisotopic (exact) mass is 305 g/mol. The minimum atomic E-state index is -0.488. The van der Waals surface area contributed by atoms with Crippen LogP contribution in [0, 0.1) is 0 Å². The lowest BCUT2D eigenvalue weighted by Gasteiger charge is -2.12. The van der Waals surface area contributed by atoms with E-state index in [0.717, 1.165) is 29.8 Å². The topological polar surface area (TPSA) is 41.5 Å². The first kappa shape index (κ1) is 15.8. The third-order valence-corrected chi connectivity index (χ3v) is 3.71. The zero-order valence-electron chi connectivity index (χ0n) is 12.1. The molecule has 0 radical (unpaired) electrons. The van der Waals surface area contributed by atoms with Crippen LogP contribution in [0.1, 0.15) is 17.2 Å². The highest BCUT2D eigenvalue weighted by atomic mass is 35.5. The van der Waals surface area contributed by atoms with Crippen molar-refractivity contribution in [3.05, 3.63) is 64.7 Å². The molecule has 0 saturated carbocycles. The number of halogens is 1. The Morgan fingerprint density at radius 3 is 2.62 bits per heavy atom. The Balaban J connectivity index is 1.77. The maximum absolute atomic E-state index is 10.0. The molecular weight excluding hydrogens is 286 g/mol. The van der Waals surface area contributed by atoms with E-state index < -0.39 is 6.10 Å². The van der Waals surface area contributed by atoms with Crippen LogP contribution in [0.4, 0.5) is 0 Å². The molecule has 0 fully saturated rings. The molecule has 2 rings (SSSR count). The summed E-state index contributed by atoms with van der Waals surface area (Å²) in [6, 6.07) is 15.3. The summed E-state index contributed by atoms with van der Waals surface area (Å²) in [4.78, 5) is 0. The SMILES string of the molecule is COc1ccc(CCNCC(O)c2ccccc2)c(Cl)c1. The van der Waals surface area contributed by atoms with Crippen LogP contribution in [0.15, 0.2) is 48.5 Å². The summed E-state index contributed by atoms with van der Waals surface area (Å²) in [5.41, 5.74) is 1.99. The molecule has 2 N–H and O–H groups in total. The second-order valence-electron chi connectivity index (χ2n) is 4.84. The van der Waals surface area contributed by atoms with Gasteiger partial charge in [-0.2, -0.15) is 0 Å². The molecule has 0 amide bonds. The smallest absolute Gasteiger partial charge is 0.120 e. The van der Waals surface area contributed by atoms with Crippen molar-refractivity contribution in [1.29, 1.82) is 0 Å². The van der Waals surface area contributed by atoms with Gasteiger partial charge in [0.25, 0.3) is 0 Å². The van der Waals surface area contributed by atoms with E-state index in [1.54, 1.807) is 7.11 Å². The minimum Gasteiger partial charge on any atom is -0.497 e. The number of hydrogen-bond acceptors (Lipinski definition) is 3. The van der Waals surface area contributed by atoms with Gasteiger partial charge in [0.15, 0.2) is 0 Å². The predicted octanol–water partition coefficient (Wildman–Crippen LogP) is 3.21. The first-order valence-corrected chi connectivity index (χ1v) is 7.34. The van der Waals surface area contributed by atoms with Crippen molar-refractivity contribution in [3.8, 4) is 5.75 Å². The van der Waals surface area contributed by atoms with E-state index in [-0.39, 0.29) is 0 Å². The molecule has 2 aromatic carbocycles. The maximum Gasteiger partial charge on any atom is 0.120 e. The molecule has 0 aliphatic carbocycles. The molecule has 3 nitrogen and oxygen atoms in total. The Kier molecular flexibility index (Phi) is 6.05. The largest absolute Gasteiger partial charge is 0.497 e. The van der Waals surface area contributed by atoms with Crippen molar-refractivity contribution in [2.24, 2.45) is 0 Å². The van der Waals surface area contributed by atoms with Crippen molar-refractivity contribution >= 4 is 11.6 Å². The van der Waals surface area contributed by atoms with Crippen LogP contribution in [0.25, 0.3) is 0 Å². The van der Waals surface area contributed by atoms with E-state index in [1.807, 2.05) is 48.5 Å². The van der Waals surface area contributed by atoms with Gasteiger partial charge < -0.3 is 15.2 Å². The lowest BCUT2D eigenvalue weighted by Crippen LogP contribution is -2.23. The summed E-state index contributed by atoms with van der Waals surface area (Å²) in [6.45, 7) is 1.29. The Hall–Kier alpha value is -1.55. The quantitative estimate of drug-likeness (QED) is 0.772. The number of nitrogens with one attached hydrogen (secondary N) is 1. The van der Waals surface area contributed by atoms with Crippen LogP contribution in [0.3, 0.4) is 0 Å². The standard InChI is InChI=1S/C17H20ClNO2/c1-21-15-8-7-13(16(18)11-15)9-10-19-12-17(20)14-5-3-2-4-6-14/h2-8,11,17,19-20H,9-10,12H2,1H3. The highest BCUT2D eigenvalue weighted by Crippen LogP contribution is 2.22. The number of rotatable bonds is 7. The van der Waals surface area contributed by atoms with Crippen LogP contribution < -0.4 is 10.1 Å². The molecule has 0 aliphatic heterocycles. The van der Waals surface area contributed by atoms with Crippen LogP contribution in [0.2, 0.25) is 5.02 Å². The summed E-state index contributed by atoms with van der Waals surface area (Å²) in [6.07, 6.45) is 0.321. The van der Waals surface area contributed by atoms with Crippen molar-refractivity contribution in [1.82, 2.24) is 5.32 Å². The maximum atomic E-state index is 10.0. The van der Waals surface area contributed by atoms with Crippen molar-refractivity contribution in [2.45, 2.75) is 12.5 Å². The third-order valence-electron chi connectivity index (χ3n) is 3.35. The molecule has 1 unspecified atom stereocenters. The zero-order chi connectivity index (χ0) is 15.1. The van der Waals surface area contributed by atoms with Gasteiger partial charge in [0.1, 0.15) is 5.75 Å². The Bertz CT molecular complexity index is 560. The van der Waals surface area contributed by atoms with Gasteiger partial charge in [-0.05, 0) is 36.2 Å². The number of benzene rings is 2. The average molecular weight is 306 g/mol. The van der Waals surface area contributed by atoms with Gasteiger partial charge in [-0.25, -0.2) is 0 Å². The molecule has 2 aromatic rings. The fourth-order valence-corrected chi connectivity index (χ4v) is 2.38. The lowest BCUT2D eigenvalue weighted by molar-refractivity contribution is 0.175. The highest BCUT2D eigenvalue weighted by molar-refractivity contribution is 6.31. The molecule has 0 heterocycles. The van der Waals surface area contributed by atoms with Gasteiger partial charge >= 0.3 is 0 Å². The fourth-order valence-electron chi connectivity index (χ4n) is 2.11. The van der Waals surface area contributed by atoms with Gasteiger partial charge in [-0.3, -0.25) is 0 Å². The first-order chi connectivity index (χ1) is 10.2. The molecule has 112 valence electrons. The first-order valence-electron chi connectivity index (χ1n) is 6.97. The lowest BCUT2D eigenvalue weighted by atomic mass is 10.1. The van der Waals surface area contributed by atoms with Crippen molar-refractivity contribution in [3.63, 3.8) is 0 Å². The van der Waals surface area contributed by atoms with E-state index in [1.165, 1.54) is 0 Å². The molecule has 1 atom stereocenters. The van der Waals surface area contributed by atoms with Crippen LogP contribution in [-0.4, -0.2) is 25.3 Å². The number of aliphatic hydroxyl groups excluding tert-OH is 1. The summed E-state index contributed by atoms with van der Waals surface area (Å²) < 4.78 is 5.12. The summed E-state index contributed by atoms with van der Waals surface area (Å²) in [5.74, 6) is 0.760. The number of aliphatic hydroxyl groups is 1. The molecule has 0 aliphatic rings. The van der Waals surface area contributed by atoms with Gasteiger partial charge in [0.2, 0.25) is 0 Å². The summed E-state index contributed by atoms with van der Waals surface area (Å²) in [7, 11) is 1.62. The molecular formula is C17H20ClNO2. The third kappa shape index (κ3) is 4.74. The molecule has 0 saturated heterocycles. The summed E-state index contributed by atoms with van der Waals surface area (Å²) in [5, 5.41) is 14.0.